The highest BCUT2D eigenvalue weighted by atomic mass is 16.5. The van der Waals surface area contributed by atoms with Crippen LogP contribution < -0.4 is 0 Å². The van der Waals surface area contributed by atoms with Crippen molar-refractivity contribution >= 4 is 0 Å². The van der Waals surface area contributed by atoms with Gasteiger partial charge in [-0.2, -0.15) is 5.26 Å². The van der Waals surface area contributed by atoms with Crippen molar-refractivity contribution in [2.45, 2.75) is 31.5 Å². The van der Waals surface area contributed by atoms with Crippen LogP contribution in [0.2, 0.25) is 0 Å². The summed E-state index contributed by atoms with van der Waals surface area (Å²) < 4.78 is 5.72. The Morgan fingerprint density at radius 3 is 2.55 bits per heavy atom. The average molecular weight is 149 g/mol. The lowest BCUT2D eigenvalue weighted by molar-refractivity contribution is -0.0162. The summed E-state index contributed by atoms with van der Waals surface area (Å²) in [5.41, 5.74) is -0.460. The third kappa shape index (κ3) is 0.749. The Morgan fingerprint density at radius 1 is 1.55 bits per heavy atom. The maximum absolute atomic E-state index is 8.80. The van der Waals surface area contributed by atoms with Crippen LogP contribution in [0, 0.1) is 17.2 Å². The highest BCUT2D eigenvalue weighted by Gasteiger charge is 2.53. The molecule has 0 aliphatic carbocycles. The minimum atomic E-state index is -0.302. The van der Waals surface area contributed by atoms with Crippen molar-refractivity contribution in [3.8, 4) is 6.07 Å². The summed E-state index contributed by atoms with van der Waals surface area (Å²) in [7, 11) is 0. The molecule has 11 heavy (non-hydrogen) atoms. The number of nitriles is 1. The highest BCUT2D eigenvalue weighted by molar-refractivity contribution is 5.27. The topological polar surface area (TPSA) is 33.0 Å². The van der Waals surface area contributed by atoms with Crippen molar-refractivity contribution in [2.75, 3.05) is 0 Å². The van der Waals surface area contributed by atoms with Gasteiger partial charge in [-0.05, 0) is 20.3 Å². The first-order chi connectivity index (χ1) is 5.08. The van der Waals surface area contributed by atoms with Gasteiger partial charge < -0.3 is 4.74 Å². The van der Waals surface area contributed by atoms with E-state index in [0.29, 0.717) is 0 Å². The molecule has 0 aromatic carbocycles. The summed E-state index contributed by atoms with van der Waals surface area (Å²) >= 11 is 0. The molecule has 0 amide bonds. The van der Waals surface area contributed by atoms with Gasteiger partial charge in [-0.25, -0.2) is 0 Å². The quantitative estimate of drug-likeness (QED) is 0.490. The number of hydrogen-bond acceptors (Lipinski definition) is 2. The molecule has 2 heterocycles. The molecule has 0 spiro atoms. The standard InChI is InChI=1S/C9H11NO/c1-8-3-4-9(2,11-8)7(5-8)6-10/h3-4,7H,5H2,1-2H3/t7-,8+,9-/m1/s1. The number of nitrogens with zero attached hydrogens (tertiary/aromatic N) is 1. The van der Waals surface area contributed by atoms with Crippen LogP contribution in [0.25, 0.3) is 0 Å². The summed E-state index contributed by atoms with van der Waals surface area (Å²) in [5, 5.41) is 8.80. The average Bonchev–Trinajstić information content (AvgIpc) is 2.36. The van der Waals surface area contributed by atoms with Crippen LogP contribution in [0.5, 0.6) is 0 Å². The molecule has 0 aromatic heterocycles. The fraction of sp³-hybridized carbons (Fsp3) is 0.667. The zero-order valence-corrected chi connectivity index (χ0v) is 6.79. The molecule has 1 fully saturated rings. The van der Waals surface area contributed by atoms with E-state index in [1.807, 2.05) is 19.9 Å². The Balaban J connectivity index is 2.39. The monoisotopic (exact) mass is 149 g/mol. The number of hydrogen-bond donors (Lipinski definition) is 0. The van der Waals surface area contributed by atoms with Crippen LogP contribution in [0.4, 0.5) is 0 Å². The maximum atomic E-state index is 8.80. The summed E-state index contributed by atoms with van der Waals surface area (Å²) in [6.45, 7) is 4.02. The van der Waals surface area contributed by atoms with E-state index in [9.17, 15) is 0 Å². The van der Waals surface area contributed by atoms with Crippen LogP contribution in [0.15, 0.2) is 12.2 Å². The van der Waals surface area contributed by atoms with Crippen molar-refractivity contribution in [1.29, 1.82) is 5.26 Å². The van der Waals surface area contributed by atoms with E-state index < -0.39 is 0 Å². The fourth-order valence-corrected chi connectivity index (χ4v) is 1.99. The molecule has 1 saturated heterocycles. The van der Waals surface area contributed by atoms with Crippen LogP contribution in [0.3, 0.4) is 0 Å². The lowest BCUT2D eigenvalue weighted by Crippen LogP contribution is -2.26. The molecule has 2 heteroatoms. The molecule has 3 atom stereocenters. The second-order valence-electron chi connectivity index (χ2n) is 3.82. The number of fused-ring (bicyclic) bond motifs is 2. The number of rotatable bonds is 0. The van der Waals surface area contributed by atoms with Crippen LogP contribution in [0.1, 0.15) is 20.3 Å². The lowest BCUT2D eigenvalue weighted by atomic mass is 9.82. The molecule has 0 saturated carbocycles. The largest absolute Gasteiger partial charge is 0.360 e. The fourth-order valence-electron chi connectivity index (χ4n) is 1.99. The first-order valence-corrected chi connectivity index (χ1v) is 3.88. The van der Waals surface area contributed by atoms with Gasteiger partial charge >= 0.3 is 0 Å². The van der Waals surface area contributed by atoms with Gasteiger partial charge in [-0.1, -0.05) is 12.2 Å². The number of ether oxygens (including phenoxy) is 1. The van der Waals surface area contributed by atoms with Gasteiger partial charge in [0.25, 0.3) is 0 Å². The molecule has 2 nitrogen and oxygen atoms in total. The van der Waals surface area contributed by atoms with Gasteiger partial charge in [0.15, 0.2) is 0 Å². The molecule has 0 radical (unpaired) electrons. The Kier molecular flexibility index (Phi) is 1.05. The Hall–Kier alpha value is -0.810. The van der Waals surface area contributed by atoms with Gasteiger partial charge in [0.1, 0.15) is 5.60 Å². The predicted octanol–water partition coefficient (Wildman–Crippen LogP) is 1.63. The summed E-state index contributed by atoms with van der Waals surface area (Å²) in [5.74, 6) is 0.0394. The molecule has 0 aromatic rings. The first kappa shape index (κ1) is 6.87. The molecule has 2 aliphatic rings. The smallest absolute Gasteiger partial charge is 0.101 e. The molecule has 2 aliphatic heterocycles. The predicted molar refractivity (Wildman–Crippen MR) is 40.8 cm³/mol. The third-order valence-corrected chi connectivity index (χ3v) is 2.68. The Morgan fingerprint density at radius 2 is 2.27 bits per heavy atom. The van der Waals surface area contributed by atoms with Crippen molar-refractivity contribution in [3.05, 3.63) is 12.2 Å². The van der Waals surface area contributed by atoms with E-state index in [1.165, 1.54) is 0 Å². The minimum absolute atomic E-state index is 0.0394. The van der Waals surface area contributed by atoms with Gasteiger partial charge in [-0.3, -0.25) is 0 Å². The molecule has 2 rings (SSSR count). The molecular weight excluding hydrogens is 138 g/mol. The van der Waals surface area contributed by atoms with Crippen molar-refractivity contribution in [2.24, 2.45) is 5.92 Å². The van der Waals surface area contributed by atoms with Gasteiger partial charge in [-0.15, -0.1) is 0 Å². The maximum Gasteiger partial charge on any atom is 0.101 e. The summed E-state index contributed by atoms with van der Waals surface area (Å²) in [6.07, 6.45) is 4.93. The van der Waals surface area contributed by atoms with E-state index >= 15 is 0 Å². The second kappa shape index (κ2) is 1.67. The molecule has 58 valence electrons. The SMILES string of the molecule is C[C@@]12C=C[C@@](C)(O1)[C@@H](C#N)C2. The van der Waals surface area contributed by atoms with E-state index in [-0.39, 0.29) is 17.1 Å². The highest BCUT2D eigenvalue weighted by Crippen LogP contribution is 2.48. The van der Waals surface area contributed by atoms with E-state index in [1.54, 1.807) is 0 Å². The van der Waals surface area contributed by atoms with E-state index in [2.05, 4.69) is 12.1 Å². The zero-order valence-electron chi connectivity index (χ0n) is 6.79. The molecular formula is C9H11NO. The van der Waals surface area contributed by atoms with Crippen molar-refractivity contribution in [1.82, 2.24) is 0 Å². The normalized spacial score (nSPS) is 53.0. The van der Waals surface area contributed by atoms with Crippen LogP contribution >= 0.6 is 0 Å². The molecule has 0 N–H and O–H groups in total. The van der Waals surface area contributed by atoms with Crippen molar-refractivity contribution in [3.63, 3.8) is 0 Å². The van der Waals surface area contributed by atoms with E-state index in [4.69, 9.17) is 10.00 Å². The van der Waals surface area contributed by atoms with Crippen molar-refractivity contribution < 1.29 is 4.74 Å². The van der Waals surface area contributed by atoms with E-state index in [0.717, 1.165) is 6.42 Å². The first-order valence-electron chi connectivity index (χ1n) is 3.88. The molecule has 2 bridgehead atoms. The third-order valence-electron chi connectivity index (χ3n) is 2.68. The minimum Gasteiger partial charge on any atom is -0.360 e. The Bertz CT molecular complexity index is 265. The van der Waals surface area contributed by atoms with Gasteiger partial charge in [0, 0.05) is 0 Å². The molecule has 0 unspecified atom stereocenters. The van der Waals surface area contributed by atoms with Gasteiger partial charge in [0.05, 0.1) is 17.6 Å². The second-order valence-corrected chi connectivity index (χ2v) is 3.82. The summed E-state index contributed by atoms with van der Waals surface area (Å²) in [4.78, 5) is 0. The van der Waals surface area contributed by atoms with Crippen LogP contribution in [-0.2, 0) is 4.74 Å². The summed E-state index contributed by atoms with van der Waals surface area (Å²) in [6, 6.07) is 2.28. The Labute approximate surface area is 66.5 Å². The lowest BCUT2D eigenvalue weighted by Gasteiger charge is -2.19. The van der Waals surface area contributed by atoms with Gasteiger partial charge in [0.2, 0.25) is 0 Å². The van der Waals surface area contributed by atoms with Crippen LogP contribution in [-0.4, -0.2) is 11.2 Å². The zero-order chi connectivity index (χ0) is 8.11.